The maximum atomic E-state index is 11.4. The van der Waals surface area contributed by atoms with Crippen molar-refractivity contribution in [3.05, 3.63) is 46.7 Å². The lowest BCUT2D eigenvalue weighted by Crippen LogP contribution is -2.35. The maximum Gasteiger partial charge on any atom is 0.164 e. The molecule has 6 heteroatoms. The normalized spacial score (nSPS) is 29.1. The van der Waals surface area contributed by atoms with Gasteiger partial charge in [0.2, 0.25) is 0 Å². The molecule has 0 saturated heterocycles. The fourth-order valence-corrected chi connectivity index (χ4v) is 6.36. The van der Waals surface area contributed by atoms with Crippen molar-refractivity contribution in [2.24, 2.45) is 17.6 Å². The summed E-state index contributed by atoms with van der Waals surface area (Å²) in [6.45, 7) is 2.63. The molecule has 5 atom stereocenters. The highest BCUT2D eigenvalue weighted by Crippen LogP contribution is 2.41. The van der Waals surface area contributed by atoms with E-state index in [0.717, 1.165) is 68.1 Å². The largest absolute Gasteiger partial charge is 0.504 e. The van der Waals surface area contributed by atoms with Crippen molar-refractivity contribution >= 4 is 0 Å². The zero-order chi connectivity index (χ0) is 26.5. The summed E-state index contributed by atoms with van der Waals surface area (Å²) in [4.78, 5) is 0. The van der Waals surface area contributed by atoms with E-state index in [1.165, 1.54) is 24.8 Å². The Kier molecular flexibility index (Phi) is 8.99. The molecule has 1 aromatic rings. The molecule has 0 aromatic heterocycles. The number of fused-ring (bicyclic) bond motifs is 2. The van der Waals surface area contributed by atoms with Gasteiger partial charge >= 0.3 is 0 Å². The molecule has 1 aromatic carbocycles. The zero-order valence-corrected chi connectivity index (χ0v) is 22.8. The molecule has 2 heterocycles. The van der Waals surface area contributed by atoms with Crippen LogP contribution in [0.2, 0.25) is 0 Å². The molecule has 38 heavy (non-hydrogen) atoms. The molecule has 2 aliphatic heterocycles. The van der Waals surface area contributed by atoms with Gasteiger partial charge in [-0.15, -0.1) is 0 Å². The molecule has 0 spiro atoms. The third kappa shape index (κ3) is 6.75. The van der Waals surface area contributed by atoms with Gasteiger partial charge in [0.05, 0.1) is 31.1 Å². The second-order valence-corrected chi connectivity index (χ2v) is 11.7. The number of phenols is 1. The van der Waals surface area contributed by atoms with E-state index in [1.807, 2.05) is 18.3 Å². The third-order valence-electron chi connectivity index (χ3n) is 8.70. The molecule has 4 aliphatic rings. The smallest absolute Gasteiger partial charge is 0.164 e. The molecule has 206 valence electrons. The fourth-order valence-electron chi connectivity index (χ4n) is 6.36. The highest BCUT2D eigenvalue weighted by Gasteiger charge is 2.31. The summed E-state index contributed by atoms with van der Waals surface area (Å²) >= 11 is 0. The van der Waals surface area contributed by atoms with Crippen LogP contribution in [0.1, 0.15) is 82.3 Å². The molecule has 0 bridgehead atoms. The Morgan fingerprint density at radius 1 is 1.13 bits per heavy atom. The fraction of sp³-hybridized carbons (Fsp3) is 0.625. The van der Waals surface area contributed by atoms with Gasteiger partial charge in [0.1, 0.15) is 0 Å². The molecule has 5 rings (SSSR count). The van der Waals surface area contributed by atoms with E-state index in [0.29, 0.717) is 24.7 Å². The first-order chi connectivity index (χ1) is 18.5. The van der Waals surface area contributed by atoms with Crippen LogP contribution in [-0.4, -0.2) is 41.3 Å². The Hall–Kier alpha value is -2.46. The Bertz CT molecular complexity index is 1090. The lowest BCUT2D eigenvalue weighted by Gasteiger charge is -2.33. The third-order valence-corrected chi connectivity index (χ3v) is 8.70. The first-order valence-electron chi connectivity index (χ1n) is 14.7. The summed E-state index contributed by atoms with van der Waals surface area (Å²) in [6, 6.07) is 3.79. The van der Waals surface area contributed by atoms with Gasteiger partial charge in [-0.1, -0.05) is 31.3 Å². The van der Waals surface area contributed by atoms with E-state index in [1.54, 1.807) is 6.07 Å². The topological polar surface area (TPSA) is 97.0 Å². The number of hydrogen-bond acceptors (Lipinski definition) is 6. The van der Waals surface area contributed by atoms with Gasteiger partial charge in [0.25, 0.3) is 0 Å². The maximum absolute atomic E-state index is 11.4. The average molecular weight is 521 g/mol. The minimum atomic E-state index is -0.439. The highest BCUT2D eigenvalue weighted by molar-refractivity contribution is 5.51. The minimum absolute atomic E-state index is 0.0144. The van der Waals surface area contributed by atoms with E-state index in [-0.39, 0.29) is 30.0 Å². The van der Waals surface area contributed by atoms with Crippen molar-refractivity contribution < 1.29 is 19.7 Å². The van der Waals surface area contributed by atoms with E-state index in [4.69, 9.17) is 15.2 Å². The van der Waals surface area contributed by atoms with Gasteiger partial charge < -0.3 is 30.7 Å². The predicted octanol–water partition coefficient (Wildman–Crippen LogP) is 4.87. The van der Waals surface area contributed by atoms with Crippen LogP contribution in [0, 0.1) is 23.7 Å². The molecule has 0 amide bonds. The number of aliphatic hydroxyl groups is 1. The van der Waals surface area contributed by atoms with Gasteiger partial charge in [0, 0.05) is 28.8 Å². The molecular weight excluding hydrogens is 476 g/mol. The summed E-state index contributed by atoms with van der Waals surface area (Å²) < 4.78 is 12.7. The summed E-state index contributed by atoms with van der Waals surface area (Å²) in [5, 5.41) is 25.1. The molecule has 6 nitrogen and oxygen atoms in total. The molecule has 1 fully saturated rings. The lowest BCUT2D eigenvalue weighted by atomic mass is 9.79. The van der Waals surface area contributed by atoms with Crippen LogP contribution in [0.15, 0.2) is 35.6 Å². The van der Waals surface area contributed by atoms with Gasteiger partial charge in [-0.25, -0.2) is 0 Å². The first-order valence-corrected chi connectivity index (χ1v) is 14.7. The number of dihydropyridines is 1. The van der Waals surface area contributed by atoms with Crippen LogP contribution < -0.4 is 15.8 Å². The van der Waals surface area contributed by atoms with Crippen molar-refractivity contribution in [1.82, 2.24) is 5.32 Å². The number of nitrogens with two attached hydrogens (primary N) is 1. The second kappa shape index (κ2) is 12.6. The highest BCUT2D eigenvalue weighted by atomic mass is 16.5. The summed E-state index contributed by atoms with van der Waals surface area (Å²) in [7, 11) is 0. The van der Waals surface area contributed by atoms with Crippen molar-refractivity contribution in [2.75, 3.05) is 6.61 Å². The SMILES string of the molecule is C[C@@H]1C#CC2=CC(N)NC=C2CO[C@H](C[C@H](O)[C@@H]2CCc3c(ccc(O)c3OC3CCCCC3)C2)CCC1. The van der Waals surface area contributed by atoms with Crippen LogP contribution in [0.3, 0.4) is 0 Å². The number of benzene rings is 1. The van der Waals surface area contributed by atoms with Crippen LogP contribution in [0.4, 0.5) is 0 Å². The van der Waals surface area contributed by atoms with Crippen LogP contribution >= 0.6 is 0 Å². The molecule has 2 aliphatic carbocycles. The molecule has 1 unspecified atom stereocenters. The average Bonchev–Trinajstić information content (AvgIpc) is 2.95. The summed E-state index contributed by atoms with van der Waals surface area (Å²) in [6.07, 6.45) is 15.3. The predicted molar refractivity (Wildman–Crippen MR) is 150 cm³/mol. The van der Waals surface area contributed by atoms with E-state index < -0.39 is 6.10 Å². The van der Waals surface area contributed by atoms with Crippen molar-refractivity contribution in [1.29, 1.82) is 0 Å². The monoisotopic (exact) mass is 520 g/mol. The van der Waals surface area contributed by atoms with Crippen molar-refractivity contribution in [3.63, 3.8) is 0 Å². The Labute approximate surface area is 227 Å². The second-order valence-electron chi connectivity index (χ2n) is 11.7. The molecule has 1 saturated carbocycles. The van der Waals surface area contributed by atoms with E-state index >= 15 is 0 Å². The van der Waals surface area contributed by atoms with E-state index in [2.05, 4.69) is 24.1 Å². The Morgan fingerprint density at radius 2 is 1.97 bits per heavy atom. The van der Waals surface area contributed by atoms with Crippen LogP contribution in [0.25, 0.3) is 0 Å². The van der Waals surface area contributed by atoms with Crippen molar-refractivity contribution in [3.8, 4) is 23.3 Å². The van der Waals surface area contributed by atoms with Gasteiger partial charge in [0.15, 0.2) is 11.5 Å². The van der Waals surface area contributed by atoms with Crippen LogP contribution in [0.5, 0.6) is 11.5 Å². The number of aromatic hydroxyl groups is 1. The minimum Gasteiger partial charge on any atom is -0.504 e. The standard InChI is InChI=1S/C32H44N2O4/c1-21-6-5-9-27(37-20-25-19-34-31(33)17-22(25)11-10-21)18-30(36)24-12-14-28-23(16-24)13-15-29(35)32(28)38-26-7-3-2-4-8-26/h13,15,17,19,21,24,26-27,30-31,34-36H,2-9,12,14,16,18,20,33H2,1H3/t21-,24+,27-,30-,31?/m0/s1. The lowest BCUT2D eigenvalue weighted by molar-refractivity contribution is -0.00231. The first kappa shape index (κ1) is 27.1. The van der Waals surface area contributed by atoms with E-state index in [9.17, 15) is 10.2 Å². The molecule has 5 N–H and O–H groups in total. The number of aliphatic hydroxyl groups excluding tert-OH is 1. The number of nitrogens with one attached hydrogen (secondary N) is 1. The number of rotatable bonds is 5. The van der Waals surface area contributed by atoms with Crippen molar-refractivity contribution in [2.45, 2.75) is 108 Å². The Balaban J connectivity index is 1.23. The number of ether oxygens (including phenoxy) is 2. The van der Waals surface area contributed by atoms with Gasteiger partial charge in [-0.05, 0) is 94.3 Å². The number of phenolic OH excluding ortho intramolecular Hbond substituents is 1. The molecular formula is C32H44N2O4. The number of hydrogen-bond donors (Lipinski definition) is 4. The zero-order valence-electron chi connectivity index (χ0n) is 22.8. The summed E-state index contributed by atoms with van der Waals surface area (Å²) in [5.74, 6) is 8.10. The van der Waals surface area contributed by atoms with Crippen LogP contribution in [-0.2, 0) is 17.6 Å². The quantitative estimate of drug-likeness (QED) is 0.414. The summed E-state index contributed by atoms with van der Waals surface area (Å²) in [5.41, 5.74) is 10.3. The van der Waals surface area contributed by atoms with Gasteiger partial charge in [-0.2, -0.15) is 0 Å². The molecule has 0 radical (unpaired) electrons. The van der Waals surface area contributed by atoms with Gasteiger partial charge in [-0.3, -0.25) is 0 Å². The Morgan fingerprint density at radius 3 is 2.82 bits per heavy atom.